The monoisotopic (exact) mass is 247 g/mol. The first-order chi connectivity index (χ1) is 5.70. The average Bonchev–Trinajstić information content (AvgIpc) is 2.42. The van der Waals surface area contributed by atoms with Crippen LogP contribution in [0.1, 0.15) is 16.7 Å². The number of aryl methyl sites for hydroxylation is 3. The van der Waals surface area contributed by atoms with Crippen LogP contribution in [-0.4, -0.2) is 0 Å². The molecule has 0 aliphatic carbocycles. The molecule has 0 amide bonds. The van der Waals surface area contributed by atoms with Crippen LogP contribution in [0.15, 0.2) is 24.3 Å². The maximum absolute atomic E-state index is 2.22. The molecule has 0 aliphatic heterocycles. The zero-order valence-electron chi connectivity index (χ0n) is 8.31. The molecule has 0 N–H and O–H groups in total. The second-order valence-corrected chi connectivity index (χ2v) is 3.50. The zero-order valence-corrected chi connectivity index (χ0v) is 10.8. The Morgan fingerprint density at radius 2 is 1.62 bits per heavy atom. The number of hydrogen-bond donors (Lipinski definition) is 0. The summed E-state index contributed by atoms with van der Waals surface area (Å²) in [5.74, 6) is 0. The van der Waals surface area contributed by atoms with Gasteiger partial charge in [-0.25, -0.2) is 0 Å². The van der Waals surface area contributed by atoms with E-state index in [4.69, 9.17) is 0 Å². The van der Waals surface area contributed by atoms with Crippen LogP contribution in [0.25, 0.3) is 10.8 Å². The van der Waals surface area contributed by atoms with Crippen molar-refractivity contribution < 1.29 is 26.2 Å². The summed E-state index contributed by atoms with van der Waals surface area (Å²) < 4.78 is 0. The van der Waals surface area contributed by atoms with Gasteiger partial charge in [0.05, 0.1) is 0 Å². The van der Waals surface area contributed by atoms with E-state index in [1.54, 1.807) is 0 Å². The van der Waals surface area contributed by atoms with Crippen LogP contribution in [0.2, 0.25) is 0 Å². The van der Waals surface area contributed by atoms with Gasteiger partial charge in [-0.3, -0.25) is 0 Å². The van der Waals surface area contributed by atoms with E-state index in [1.807, 2.05) is 0 Å². The van der Waals surface area contributed by atoms with Gasteiger partial charge in [-0.2, -0.15) is 12.1 Å². The Balaban J connectivity index is 0.000000845. The Labute approximate surface area is 98.4 Å². The van der Waals surface area contributed by atoms with Crippen LogP contribution in [-0.2, 0) is 26.2 Å². The van der Waals surface area contributed by atoms with Gasteiger partial charge >= 0.3 is 0 Å². The smallest absolute Gasteiger partial charge is 0 e. The maximum Gasteiger partial charge on any atom is 0 e. The zero-order chi connectivity index (χ0) is 8.72. The van der Waals surface area contributed by atoms with Crippen LogP contribution in [0.5, 0.6) is 0 Å². The summed E-state index contributed by atoms with van der Waals surface area (Å²) in [5, 5.41) is 2.85. The molecule has 0 aromatic heterocycles. The maximum atomic E-state index is 2.22. The molecule has 0 heterocycles. The van der Waals surface area contributed by atoms with Gasteiger partial charge in [0.1, 0.15) is 0 Å². The van der Waals surface area contributed by atoms with E-state index in [-0.39, 0.29) is 26.2 Å². The van der Waals surface area contributed by atoms with Crippen LogP contribution < -0.4 is 0 Å². The number of benzene rings is 1. The summed E-state index contributed by atoms with van der Waals surface area (Å²) in [4.78, 5) is 0. The minimum atomic E-state index is 0. The van der Waals surface area contributed by atoms with Crippen LogP contribution >= 0.6 is 0 Å². The molecular weight excluding hydrogens is 235 g/mol. The predicted octanol–water partition coefficient (Wildman–Crippen LogP) is 3.48. The van der Waals surface area contributed by atoms with Gasteiger partial charge < -0.3 is 0 Å². The van der Waals surface area contributed by atoms with Gasteiger partial charge in [0.25, 0.3) is 0 Å². The molecule has 2 aromatic rings. The molecule has 0 fully saturated rings. The Kier molecular flexibility index (Phi) is 3.19. The minimum absolute atomic E-state index is 0. The second-order valence-electron chi connectivity index (χ2n) is 3.50. The molecule has 2 rings (SSSR count). The average molecular weight is 248 g/mol. The molecule has 1 heteroatoms. The van der Waals surface area contributed by atoms with E-state index >= 15 is 0 Å². The van der Waals surface area contributed by atoms with E-state index < -0.39 is 0 Å². The Bertz CT molecular complexity index is 424. The fraction of sp³-hybridized carbons (Fsp3) is 0.250. The quantitative estimate of drug-likeness (QED) is 0.626. The van der Waals surface area contributed by atoms with Gasteiger partial charge in [0.15, 0.2) is 0 Å². The standard InChI is InChI=1S/C12H13.Zr/c1-8-4-5-9(2)12-10(3)6-7-11(8)12;/h4-7H,1-3H3;/q-1;. The predicted molar refractivity (Wildman–Crippen MR) is 53.8 cm³/mol. The van der Waals surface area contributed by atoms with Crippen molar-refractivity contribution in [2.45, 2.75) is 20.8 Å². The summed E-state index contributed by atoms with van der Waals surface area (Å²) in [6.45, 7) is 6.52. The van der Waals surface area contributed by atoms with Crippen molar-refractivity contribution >= 4 is 10.8 Å². The van der Waals surface area contributed by atoms with Crippen molar-refractivity contribution in [2.24, 2.45) is 0 Å². The molecule has 0 saturated carbocycles. The number of hydrogen-bond acceptors (Lipinski definition) is 0. The molecule has 0 unspecified atom stereocenters. The molecule has 2 aromatic carbocycles. The molecule has 66 valence electrons. The van der Waals surface area contributed by atoms with E-state index in [2.05, 4.69) is 45.0 Å². The largest absolute Gasteiger partial charge is 0.168 e. The SMILES string of the molecule is Cc1ccc(C)c2c1cc[c-]2C.[Zr]. The molecule has 0 nitrogen and oxygen atoms in total. The van der Waals surface area contributed by atoms with Gasteiger partial charge in [-0.1, -0.05) is 25.5 Å². The topological polar surface area (TPSA) is 0 Å². The molecular formula is C12H13Zr-. The van der Waals surface area contributed by atoms with E-state index in [0.29, 0.717) is 0 Å². The van der Waals surface area contributed by atoms with Gasteiger partial charge in [0.2, 0.25) is 0 Å². The van der Waals surface area contributed by atoms with Crippen LogP contribution in [0.3, 0.4) is 0 Å². The van der Waals surface area contributed by atoms with Crippen LogP contribution in [0, 0.1) is 20.8 Å². The summed E-state index contributed by atoms with van der Waals surface area (Å²) in [7, 11) is 0. The normalized spacial score (nSPS) is 10.1. The third-order valence-corrected chi connectivity index (χ3v) is 2.57. The third kappa shape index (κ3) is 1.67. The molecule has 13 heavy (non-hydrogen) atoms. The first-order valence-corrected chi connectivity index (χ1v) is 4.32. The molecule has 0 spiro atoms. The molecule has 0 aliphatic rings. The molecule has 0 bridgehead atoms. The fourth-order valence-electron chi connectivity index (χ4n) is 1.86. The van der Waals surface area contributed by atoms with Crippen LogP contribution in [0.4, 0.5) is 0 Å². The summed E-state index contributed by atoms with van der Waals surface area (Å²) in [5.41, 5.74) is 4.16. The summed E-state index contributed by atoms with van der Waals surface area (Å²) in [6.07, 6.45) is 0. The first kappa shape index (κ1) is 10.8. The first-order valence-electron chi connectivity index (χ1n) is 4.32. The van der Waals surface area contributed by atoms with E-state index in [0.717, 1.165) is 0 Å². The van der Waals surface area contributed by atoms with E-state index in [1.165, 1.54) is 27.5 Å². The van der Waals surface area contributed by atoms with Crippen molar-refractivity contribution in [3.8, 4) is 0 Å². The summed E-state index contributed by atoms with van der Waals surface area (Å²) in [6, 6.07) is 8.80. The molecule has 0 radical (unpaired) electrons. The van der Waals surface area contributed by atoms with Crippen molar-refractivity contribution in [1.82, 2.24) is 0 Å². The van der Waals surface area contributed by atoms with Crippen molar-refractivity contribution in [3.63, 3.8) is 0 Å². The second kappa shape index (κ2) is 3.84. The van der Waals surface area contributed by atoms with Gasteiger partial charge in [0, 0.05) is 26.2 Å². The van der Waals surface area contributed by atoms with E-state index in [9.17, 15) is 0 Å². The minimum Gasteiger partial charge on any atom is -0.168 e. The van der Waals surface area contributed by atoms with Crippen molar-refractivity contribution in [1.29, 1.82) is 0 Å². The Hall–Kier alpha value is -0.287. The fourth-order valence-corrected chi connectivity index (χ4v) is 1.86. The van der Waals surface area contributed by atoms with Gasteiger partial charge in [-0.05, 0) is 6.92 Å². The number of rotatable bonds is 0. The molecule has 0 saturated heterocycles. The Morgan fingerprint density at radius 3 is 2.23 bits per heavy atom. The third-order valence-electron chi connectivity index (χ3n) is 2.57. The van der Waals surface area contributed by atoms with Gasteiger partial charge in [-0.15, -0.1) is 28.0 Å². The summed E-state index contributed by atoms with van der Waals surface area (Å²) >= 11 is 0. The number of fused-ring (bicyclic) bond motifs is 1. The van der Waals surface area contributed by atoms with Crippen molar-refractivity contribution in [3.05, 3.63) is 41.0 Å². The van der Waals surface area contributed by atoms with Crippen molar-refractivity contribution in [2.75, 3.05) is 0 Å². The Morgan fingerprint density at radius 1 is 1.00 bits per heavy atom. The molecule has 0 atom stereocenters.